The molecule has 2 heterocycles. The Morgan fingerprint density at radius 3 is 0.786 bits per heavy atom. The van der Waals surface area contributed by atoms with Gasteiger partial charge >= 0.3 is 0 Å². The van der Waals surface area contributed by atoms with Crippen LogP contribution in [-0.4, -0.2) is 39.3 Å². The summed E-state index contributed by atoms with van der Waals surface area (Å²) >= 11 is 0. The molecule has 0 spiro atoms. The number of rotatable bonds is 17. The predicted octanol–water partition coefficient (Wildman–Crippen LogP) is -2.19. The SMILES string of the molecule is C(CCCCCCCC[NH+]1CCCC1)CCCCCCC[NH+]1CCCC1.[Cl-].[Cl-]. The minimum Gasteiger partial charge on any atom is -1.00 e. The molecule has 0 aliphatic carbocycles. The summed E-state index contributed by atoms with van der Waals surface area (Å²) in [5.41, 5.74) is 0. The molecule has 0 aromatic rings. The Labute approximate surface area is 189 Å². The van der Waals surface area contributed by atoms with Gasteiger partial charge in [-0.05, 0) is 25.7 Å². The highest BCUT2D eigenvalue weighted by Crippen LogP contribution is 2.12. The molecule has 0 amide bonds. The molecule has 2 N–H and O–H groups in total. The molecule has 0 aromatic carbocycles. The summed E-state index contributed by atoms with van der Waals surface area (Å²) in [5, 5.41) is 0. The van der Waals surface area contributed by atoms with Crippen molar-refractivity contribution < 1.29 is 34.6 Å². The minimum atomic E-state index is 0. The molecule has 0 aromatic heterocycles. The summed E-state index contributed by atoms with van der Waals surface area (Å²) in [6.07, 6.45) is 26.8. The van der Waals surface area contributed by atoms with Gasteiger partial charge < -0.3 is 34.6 Å². The fourth-order valence-corrected chi connectivity index (χ4v) is 5.12. The van der Waals surface area contributed by atoms with E-state index in [0.717, 1.165) is 0 Å². The normalized spacial score (nSPS) is 17.6. The van der Waals surface area contributed by atoms with Gasteiger partial charge in [-0.1, -0.05) is 64.2 Å². The van der Waals surface area contributed by atoms with Crippen LogP contribution in [0.3, 0.4) is 0 Å². The van der Waals surface area contributed by atoms with Crippen LogP contribution in [-0.2, 0) is 0 Å². The first-order chi connectivity index (χ1) is 12.9. The molecule has 0 atom stereocenters. The van der Waals surface area contributed by atoms with E-state index >= 15 is 0 Å². The fourth-order valence-electron chi connectivity index (χ4n) is 5.12. The topological polar surface area (TPSA) is 8.88 Å². The molecule has 2 saturated heterocycles. The van der Waals surface area contributed by atoms with Crippen molar-refractivity contribution in [2.75, 3.05) is 39.3 Å². The van der Waals surface area contributed by atoms with E-state index in [2.05, 4.69) is 0 Å². The second kappa shape index (κ2) is 20.8. The van der Waals surface area contributed by atoms with Crippen LogP contribution < -0.4 is 34.6 Å². The van der Waals surface area contributed by atoms with Crippen LogP contribution in [0.1, 0.15) is 116 Å². The van der Waals surface area contributed by atoms with Crippen molar-refractivity contribution in [1.82, 2.24) is 0 Å². The summed E-state index contributed by atoms with van der Waals surface area (Å²) in [6.45, 7) is 8.75. The molecule has 2 aliphatic heterocycles. The number of likely N-dealkylation sites (tertiary alicyclic amines) is 2. The van der Waals surface area contributed by atoms with E-state index in [1.807, 2.05) is 9.80 Å². The van der Waals surface area contributed by atoms with Crippen LogP contribution in [0.5, 0.6) is 0 Å². The molecule has 28 heavy (non-hydrogen) atoms. The molecule has 2 rings (SSSR count). The molecule has 0 bridgehead atoms. The molecule has 0 saturated carbocycles. The van der Waals surface area contributed by atoms with E-state index in [4.69, 9.17) is 0 Å². The molecular formula is C24H50Cl2N2. The third kappa shape index (κ3) is 15.4. The molecule has 0 unspecified atom stereocenters. The summed E-state index contributed by atoms with van der Waals surface area (Å²) in [7, 11) is 0. The van der Waals surface area contributed by atoms with Gasteiger partial charge in [-0.25, -0.2) is 0 Å². The maximum atomic E-state index is 1.89. The lowest BCUT2D eigenvalue weighted by molar-refractivity contribution is -0.887. The van der Waals surface area contributed by atoms with Gasteiger partial charge in [0.15, 0.2) is 0 Å². The Bertz CT molecular complexity index is 273. The average Bonchev–Trinajstić information content (AvgIpc) is 3.35. The van der Waals surface area contributed by atoms with E-state index in [1.165, 1.54) is 155 Å². The zero-order chi connectivity index (χ0) is 18.1. The lowest BCUT2D eigenvalue weighted by Gasteiger charge is -2.11. The quantitative estimate of drug-likeness (QED) is 0.240. The first-order valence-electron chi connectivity index (χ1n) is 12.6. The summed E-state index contributed by atoms with van der Waals surface area (Å²) in [6, 6.07) is 0. The van der Waals surface area contributed by atoms with Crippen molar-refractivity contribution in [3.63, 3.8) is 0 Å². The predicted molar refractivity (Wildman–Crippen MR) is 114 cm³/mol. The standard InChI is InChI=1S/C24H48N2.2ClH/c1(3-5-7-9-11-13-19-25-21-15-16-22-25)2-4-6-8-10-12-14-20-26-23-17-18-24-26;;/h1-24H2;2*1H. The van der Waals surface area contributed by atoms with Gasteiger partial charge in [-0.3, -0.25) is 0 Å². The van der Waals surface area contributed by atoms with Crippen molar-refractivity contribution in [3.8, 4) is 0 Å². The van der Waals surface area contributed by atoms with Crippen LogP contribution in [0.2, 0.25) is 0 Å². The van der Waals surface area contributed by atoms with Crippen LogP contribution in [0.15, 0.2) is 0 Å². The Hall–Kier alpha value is 0.500. The van der Waals surface area contributed by atoms with Gasteiger partial charge in [0.2, 0.25) is 0 Å². The van der Waals surface area contributed by atoms with E-state index in [1.54, 1.807) is 0 Å². The largest absolute Gasteiger partial charge is 1.00 e. The summed E-state index contributed by atoms with van der Waals surface area (Å²) in [4.78, 5) is 3.77. The minimum absolute atomic E-state index is 0. The zero-order valence-electron chi connectivity index (χ0n) is 18.7. The van der Waals surface area contributed by atoms with Crippen LogP contribution in [0.25, 0.3) is 0 Å². The Morgan fingerprint density at radius 2 is 0.536 bits per heavy atom. The second-order valence-corrected chi connectivity index (χ2v) is 9.36. The number of hydrogen-bond donors (Lipinski definition) is 2. The van der Waals surface area contributed by atoms with Crippen molar-refractivity contribution in [2.24, 2.45) is 0 Å². The molecule has 4 heteroatoms. The number of hydrogen-bond acceptors (Lipinski definition) is 0. The lowest BCUT2D eigenvalue weighted by Crippen LogP contribution is -3.09. The molecule has 0 radical (unpaired) electrons. The third-order valence-corrected chi connectivity index (χ3v) is 6.93. The zero-order valence-corrected chi connectivity index (χ0v) is 20.2. The Kier molecular flexibility index (Phi) is 21.1. The summed E-state index contributed by atoms with van der Waals surface area (Å²) in [5.74, 6) is 0. The van der Waals surface area contributed by atoms with Gasteiger partial charge in [0.05, 0.1) is 39.3 Å². The van der Waals surface area contributed by atoms with Gasteiger partial charge in [-0.2, -0.15) is 0 Å². The first kappa shape index (κ1) is 28.5. The highest BCUT2D eigenvalue weighted by molar-refractivity contribution is 4.51. The van der Waals surface area contributed by atoms with E-state index in [9.17, 15) is 0 Å². The maximum Gasteiger partial charge on any atom is 0.0773 e. The molecule has 2 aliphatic rings. The van der Waals surface area contributed by atoms with Gasteiger partial charge in [0, 0.05) is 25.7 Å². The molecular weight excluding hydrogens is 387 g/mol. The number of quaternary nitrogens is 2. The average molecular weight is 438 g/mol. The second-order valence-electron chi connectivity index (χ2n) is 9.36. The van der Waals surface area contributed by atoms with E-state index < -0.39 is 0 Å². The van der Waals surface area contributed by atoms with Crippen molar-refractivity contribution in [3.05, 3.63) is 0 Å². The number of unbranched alkanes of at least 4 members (excludes halogenated alkanes) is 13. The third-order valence-electron chi connectivity index (χ3n) is 6.93. The van der Waals surface area contributed by atoms with Crippen molar-refractivity contribution in [1.29, 1.82) is 0 Å². The maximum absolute atomic E-state index is 1.89. The van der Waals surface area contributed by atoms with Crippen LogP contribution >= 0.6 is 0 Å². The van der Waals surface area contributed by atoms with E-state index in [0.29, 0.717) is 0 Å². The lowest BCUT2D eigenvalue weighted by atomic mass is 10.0. The van der Waals surface area contributed by atoms with Gasteiger partial charge in [-0.15, -0.1) is 0 Å². The van der Waals surface area contributed by atoms with E-state index in [-0.39, 0.29) is 24.8 Å². The number of halogens is 2. The van der Waals surface area contributed by atoms with Gasteiger partial charge in [0.25, 0.3) is 0 Å². The summed E-state index contributed by atoms with van der Waals surface area (Å²) < 4.78 is 0. The Morgan fingerprint density at radius 1 is 0.321 bits per heavy atom. The molecule has 2 nitrogen and oxygen atoms in total. The fraction of sp³-hybridized carbons (Fsp3) is 1.00. The molecule has 2 fully saturated rings. The van der Waals surface area contributed by atoms with Crippen molar-refractivity contribution >= 4 is 0 Å². The van der Waals surface area contributed by atoms with Gasteiger partial charge in [0.1, 0.15) is 0 Å². The smallest absolute Gasteiger partial charge is 0.0773 e. The molecule has 170 valence electrons. The van der Waals surface area contributed by atoms with Crippen LogP contribution in [0.4, 0.5) is 0 Å². The highest BCUT2D eigenvalue weighted by Gasteiger charge is 2.14. The monoisotopic (exact) mass is 436 g/mol. The highest BCUT2D eigenvalue weighted by atomic mass is 35.5. The Balaban J connectivity index is 0.00000364. The van der Waals surface area contributed by atoms with Crippen molar-refractivity contribution in [2.45, 2.75) is 116 Å². The van der Waals surface area contributed by atoms with Crippen LogP contribution in [0, 0.1) is 0 Å². The number of nitrogens with one attached hydrogen (secondary N) is 2. The first-order valence-corrected chi connectivity index (χ1v) is 12.6.